The van der Waals surface area contributed by atoms with Gasteiger partial charge in [-0.15, -0.1) is 0 Å². The second-order valence-electron chi connectivity index (χ2n) is 4.72. The summed E-state index contributed by atoms with van der Waals surface area (Å²) in [5.74, 6) is 0.423. The number of hydrogen-bond donors (Lipinski definition) is 1. The number of piperidine rings is 3. The molecule has 1 aromatic heterocycles. The molecule has 3 aliphatic heterocycles. The SMILES string of the molecule is O[C@]1(c2cccnc2)CN2CCC1CC2. The molecule has 3 fully saturated rings. The molecule has 3 nitrogen and oxygen atoms in total. The van der Waals surface area contributed by atoms with E-state index in [2.05, 4.69) is 9.88 Å². The summed E-state index contributed by atoms with van der Waals surface area (Å²) in [7, 11) is 0. The van der Waals surface area contributed by atoms with Crippen molar-refractivity contribution >= 4 is 0 Å². The standard InChI is InChI=1S/C12H16N2O/c15-12(11-2-1-5-13-8-11)9-14-6-3-10(12)4-7-14/h1-2,5,8,10,15H,3-4,6-7,9H2/t12-/m1/s1. The van der Waals surface area contributed by atoms with Crippen molar-refractivity contribution in [3.8, 4) is 0 Å². The number of aromatic nitrogens is 1. The van der Waals surface area contributed by atoms with Gasteiger partial charge in [-0.25, -0.2) is 0 Å². The lowest BCUT2D eigenvalue weighted by Gasteiger charge is -2.50. The highest BCUT2D eigenvalue weighted by atomic mass is 16.3. The molecular weight excluding hydrogens is 188 g/mol. The highest BCUT2D eigenvalue weighted by Crippen LogP contribution is 2.41. The molecule has 0 unspecified atom stereocenters. The molecule has 0 aliphatic carbocycles. The molecule has 2 bridgehead atoms. The first kappa shape index (κ1) is 9.31. The summed E-state index contributed by atoms with van der Waals surface area (Å²) < 4.78 is 0. The predicted octanol–water partition coefficient (Wildman–Crippen LogP) is 0.995. The van der Waals surface area contributed by atoms with Crippen LogP contribution in [0.4, 0.5) is 0 Å². The summed E-state index contributed by atoms with van der Waals surface area (Å²) in [5, 5.41) is 10.8. The molecule has 1 aromatic rings. The molecule has 0 spiro atoms. The molecule has 0 saturated carbocycles. The first-order chi connectivity index (χ1) is 7.29. The van der Waals surface area contributed by atoms with Gasteiger partial charge in [-0.2, -0.15) is 0 Å². The van der Waals surface area contributed by atoms with Gasteiger partial charge < -0.3 is 10.0 Å². The van der Waals surface area contributed by atoms with E-state index >= 15 is 0 Å². The van der Waals surface area contributed by atoms with Crippen molar-refractivity contribution in [2.45, 2.75) is 18.4 Å². The van der Waals surface area contributed by atoms with E-state index in [1.165, 1.54) is 0 Å². The van der Waals surface area contributed by atoms with Crippen molar-refractivity contribution in [2.75, 3.05) is 19.6 Å². The summed E-state index contributed by atoms with van der Waals surface area (Å²) in [6.07, 6.45) is 5.80. The summed E-state index contributed by atoms with van der Waals surface area (Å²) >= 11 is 0. The maximum atomic E-state index is 10.8. The largest absolute Gasteiger partial charge is 0.383 e. The van der Waals surface area contributed by atoms with E-state index in [0.29, 0.717) is 5.92 Å². The third kappa shape index (κ3) is 1.38. The monoisotopic (exact) mass is 204 g/mol. The van der Waals surface area contributed by atoms with Crippen molar-refractivity contribution in [2.24, 2.45) is 5.92 Å². The van der Waals surface area contributed by atoms with E-state index in [1.54, 1.807) is 6.20 Å². The van der Waals surface area contributed by atoms with Gasteiger partial charge in [0.15, 0.2) is 0 Å². The summed E-state index contributed by atoms with van der Waals surface area (Å²) in [4.78, 5) is 6.46. The Morgan fingerprint density at radius 2 is 2.20 bits per heavy atom. The Balaban J connectivity index is 1.97. The summed E-state index contributed by atoms with van der Waals surface area (Å²) in [5.41, 5.74) is 0.338. The van der Waals surface area contributed by atoms with Crippen molar-refractivity contribution < 1.29 is 5.11 Å². The molecule has 15 heavy (non-hydrogen) atoms. The van der Waals surface area contributed by atoms with Crippen LogP contribution in [0.1, 0.15) is 18.4 Å². The van der Waals surface area contributed by atoms with Gasteiger partial charge in [-0.05, 0) is 37.9 Å². The van der Waals surface area contributed by atoms with Gasteiger partial charge in [0.2, 0.25) is 0 Å². The average Bonchev–Trinajstić information content (AvgIpc) is 2.31. The van der Waals surface area contributed by atoms with Crippen LogP contribution in [0, 0.1) is 5.92 Å². The molecule has 3 heteroatoms. The van der Waals surface area contributed by atoms with Gasteiger partial charge in [0.25, 0.3) is 0 Å². The van der Waals surface area contributed by atoms with Crippen LogP contribution >= 0.6 is 0 Å². The van der Waals surface area contributed by atoms with E-state index in [0.717, 1.165) is 38.0 Å². The van der Waals surface area contributed by atoms with Gasteiger partial charge in [0.05, 0.1) is 0 Å². The van der Waals surface area contributed by atoms with Gasteiger partial charge in [0, 0.05) is 24.5 Å². The third-order valence-electron chi connectivity index (χ3n) is 3.89. The van der Waals surface area contributed by atoms with E-state index in [-0.39, 0.29) is 0 Å². The topological polar surface area (TPSA) is 36.4 Å². The fourth-order valence-corrected chi connectivity index (χ4v) is 2.98. The Morgan fingerprint density at radius 3 is 2.73 bits per heavy atom. The van der Waals surface area contributed by atoms with E-state index in [9.17, 15) is 5.11 Å². The second-order valence-corrected chi connectivity index (χ2v) is 4.72. The Labute approximate surface area is 89.7 Å². The van der Waals surface area contributed by atoms with Crippen LogP contribution in [-0.2, 0) is 5.60 Å². The Hall–Kier alpha value is -0.930. The van der Waals surface area contributed by atoms with Crippen molar-refractivity contribution in [1.29, 1.82) is 0 Å². The number of nitrogens with zero attached hydrogens (tertiary/aromatic N) is 2. The molecule has 4 heterocycles. The van der Waals surface area contributed by atoms with Crippen LogP contribution < -0.4 is 0 Å². The molecule has 80 valence electrons. The lowest BCUT2D eigenvalue weighted by molar-refractivity contribution is -0.118. The molecule has 1 atom stereocenters. The van der Waals surface area contributed by atoms with Crippen LogP contribution in [0.25, 0.3) is 0 Å². The normalized spacial score (nSPS) is 39.3. The first-order valence-corrected chi connectivity index (χ1v) is 5.64. The van der Waals surface area contributed by atoms with Gasteiger partial charge >= 0.3 is 0 Å². The number of rotatable bonds is 1. The van der Waals surface area contributed by atoms with Crippen LogP contribution in [0.15, 0.2) is 24.5 Å². The van der Waals surface area contributed by atoms with Crippen molar-refractivity contribution in [3.05, 3.63) is 30.1 Å². The number of pyridine rings is 1. The van der Waals surface area contributed by atoms with E-state index in [4.69, 9.17) is 0 Å². The van der Waals surface area contributed by atoms with E-state index in [1.807, 2.05) is 18.3 Å². The smallest absolute Gasteiger partial charge is 0.107 e. The zero-order chi connectivity index (χ0) is 10.3. The maximum Gasteiger partial charge on any atom is 0.107 e. The zero-order valence-electron chi connectivity index (χ0n) is 8.76. The predicted molar refractivity (Wildman–Crippen MR) is 57.3 cm³/mol. The minimum absolute atomic E-state index is 0.423. The average molecular weight is 204 g/mol. The molecular formula is C12H16N2O. The van der Waals surface area contributed by atoms with Crippen molar-refractivity contribution in [3.63, 3.8) is 0 Å². The number of hydrogen-bond acceptors (Lipinski definition) is 3. The highest BCUT2D eigenvalue weighted by molar-refractivity contribution is 5.22. The minimum Gasteiger partial charge on any atom is -0.383 e. The molecule has 0 radical (unpaired) electrons. The Kier molecular flexibility index (Phi) is 2.04. The lowest BCUT2D eigenvalue weighted by Crippen LogP contribution is -2.57. The van der Waals surface area contributed by atoms with Crippen LogP contribution in [0.3, 0.4) is 0 Å². The molecule has 3 saturated heterocycles. The number of aliphatic hydroxyl groups is 1. The van der Waals surface area contributed by atoms with Gasteiger partial charge in [0.1, 0.15) is 5.60 Å². The third-order valence-corrected chi connectivity index (χ3v) is 3.89. The van der Waals surface area contributed by atoms with Gasteiger partial charge in [-0.3, -0.25) is 4.98 Å². The fourth-order valence-electron chi connectivity index (χ4n) is 2.98. The fraction of sp³-hybridized carbons (Fsp3) is 0.583. The number of fused-ring (bicyclic) bond motifs is 3. The maximum absolute atomic E-state index is 10.8. The lowest BCUT2D eigenvalue weighted by atomic mass is 9.72. The Bertz CT molecular complexity index is 346. The first-order valence-electron chi connectivity index (χ1n) is 5.64. The summed E-state index contributed by atoms with van der Waals surface area (Å²) in [6, 6.07) is 3.90. The van der Waals surface area contributed by atoms with Gasteiger partial charge in [-0.1, -0.05) is 6.07 Å². The van der Waals surface area contributed by atoms with Crippen molar-refractivity contribution in [1.82, 2.24) is 9.88 Å². The molecule has 4 rings (SSSR count). The molecule has 3 aliphatic rings. The van der Waals surface area contributed by atoms with Crippen LogP contribution in [0.2, 0.25) is 0 Å². The van der Waals surface area contributed by atoms with Crippen LogP contribution in [-0.4, -0.2) is 34.6 Å². The zero-order valence-corrected chi connectivity index (χ0v) is 8.76. The Morgan fingerprint density at radius 1 is 1.40 bits per heavy atom. The second kappa shape index (κ2) is 3.29. The molecule has 1 N–H and O–H groups in total. The summed E-state index contributed by atoms with van der Waals surface area (Å²) in [6.45, 7) is 3.07. The quantitative estimate of drug-likeness (QED) is 0.741. The molecule has 0 amide bonds. The highest BCUT2D eigenvalue weighted by Gasteiger charge is 2.46. The minimum atomic E-state index is -0.648. The van der Waals surface area contributed by atoms with Crippen LogP contribution in [0.5, 0.6) is 0 Å². The molecule has 0 aromatic carbocycles. The van der Waals surface area contributed by atoms with E-state index < -0.39 is 5.60 Å².